The minimum atomic E-state index is -0.931. The summed E-state index contributed by atoms with van der Waals surface area (Å²) in [5.74, 6) is -0.186. The van der Waals surface area contributed by atoms with Gasteiger partial charge in [0.1, 0.15) is 5.75 Å². The Morgan fingerprint density at radius 1 is 1.14 bits per heavy atom. The molecule has 1 heterocycles. The molecule has 2 aromatic carbocycles. The van der Waals surface area contributed by atoms with E-state index in [0.29, 0.717) is 5.57 Å². The van der Waals surface area contributed by atoms with Crippen molar-refractivity contribution in [3.8, 4) is 5.75 Å². The van der Waals surface area contributed by atoms with E-state index in [9.17, 15) is 9.90 Å². The summed E-state index contributed by atoms with van der Waals surface area (Å²) in [6.45, 7) is 0. The maximum Gasteiger partial charge on any atom is 0.336 e. The van der Waals surface area contributed by atoms with Gasteiger partial charge >= 0.3 is 5.97 Å². The zero-order valence-electron chi connectivity index (χ0n) is 11.9. The average Bonchev–Trinajstić information content (AvgIpc) is 2.96. The van der Waals surface area contributed by atoms with Gasteiger partial charge in [-0.2, -0.15) is 0 Å². The highest BCUT2D eigenvalue weighted by molar-refractivity contribution is 7.17. The number of carbonyl (C=O) groups is 1. The molecule has 1 N–H and O–H groups in total. The highest BCUT2D eigenvalue weighted by Crippen LogP contribution is 2.32. The summed E-state index contributed by atoms with van der Waals surface area (Å²) in [5, 5.41) is 12.4. The van der Waals surface area contributed by atoms with E-state index in [1.165, 1.54) is 0 Å². The normalized spacial score (nSPS) is 11.6. The molecule has 0 bridgehead atoms. The van der Waals surface area contributed by atoms with E-state index in [0.717, 1.165) is 27.0 Å². The number of carboxylic acids is 1. The second-order valence-corrected chi connectivity index (χ2v) is 5.69. The third-order valence-corrected chi connectivity index (χ3v) is 4.39. The van der Waals surface area contributed by atoms with Gasteiger partial charge in [0.05, 0.1) is 12.7 Å². The van der Waals surface area contributed by atoms with Crippen molar-refractivity contribution in [2.45, 2.75) is 0 Å². The van der Waals surface area contributed by atoms with Gasteiger partial charge in [-0.3, -0.25) is 0 Å². The summed E-state index contributed by atoms with van der Waals surface area (Å²) in [5.41, 5.74) is 1.88. The van der Waals surface area contributed by atoms with Crippen LogP contribution in [-0.4, -0.2) is 18.2 Å². The fraction of sp³-hybridized carbons (Fsp3) is 0.0556. The third kappa shape index (κ3) is 2.73. The molecule has 0 unspecified atom stereocenters. The van der Waals surface area contributed by atoms with Crippen LogP contribution in [0.15, 0.2) is 53.9 Å². The number of fused-ring (bicyclic) bond motifs is 1. The fourth-order valence-electron chi connectivity index (χ4n) is 2.31. The molecular formula is C18H14O3S. The van der Waals surface area contributed by atoms with E-state index in [1.807, 2.05) is 53.9 Å². The van der Waals surface area contributed by atoms with E-state index in [4.69, 9.17) is 4.74 Å². The first-order valence-electron chi connectivity index (χ1n) is 6.74. The molecule has 0 atom stereocenters. The predicted octanol–water partition coefficient (Wildman–Crippen LogP) is 4.54. The van der Waals surface area contributed by atoms with Crippen LogP contribution >= 0.6 is 11.3 Å². The highest BCUT2D eigenvalue weighted by atomic mass is 32.1. The molecule has 0 saturated heterocycles. The first-order chi connectivity index (χ1) is 10.7. The minimum Gasteiger partial charge on any atom is -0.497 e. The van der Waals surface area contributed by atoms with Crippen molar-refractivity contribution >= 4 is 39.0 Å². The van der Waals surface area contributed by atoms with Crippen LogP contribution in [0.25, 0.3) is 21.7 Å². The molecule has 0 aliphatic heterocycles. The molecule has 0 spiro atoms. The van der Waals surface area contributed by atoms with Crippen molar-refractivity contribution in [3.63, 3.8) is 0 Å². The van der Waals surface area contributed by atoms with E-state index in [2.05, 4.69) is 0 Å². The Morgan fingerprint density at radius 2 is 1.86 bits per heavy atom. The van der Waals surface area contributed by atoms with Gasteiger partial charge in [-0.05, 0) is 29.8 Å². The summed E-state index contributed by atoms with van der Waals surface area (Å²) >= 11 is 1.55. The van der Waals surface area contributed by atoms with Crippen LogP contribution in [0.1, 0.15) is 11.1 Å². The molecule has 0 fully saturated rings. The second-order valence-electron chi connectivity index (χ2n) is 4.78. The van der Waals surface area contributed by atoms with Gasteiger partial charge in [0.15, 0.2) is 0 Å². The molecule has 1 aromatic heterocycles. The molecular weight excluding hydrogens is 296 g/mol. The molecule has 110 valence electrons. The number of methoxy groups -OCH3 is 1. The minimum absolute atomic E-state index is 0.294. The van der Waals surface area contributed by atoms with Gasteiger partial charge in [-0.1, -0.05) is 30.3 Å². The molecule has 22 heavy (non-hydrogen) atoms. The Bertz CT molecular complexity index is 844. The number of hydrogen-bond acceptors (Lipinski definition) is 3. The van der Waals surface area contributed by atoms with Crippen molar-refractivity contribution in [2.24, 2.45) is 0 Å². The second kappa shape index (κ2) is 6.03. The lowest BCUT2D eigenvalue weighted by Gasteiger charge is -2.03. The third-order valence-electron chi connectivity index (χ3n) is 3.43. The van der Waals surface area contributed by atoms with Crippen molar-refractivity contribution in [2.75, 3.05) is 7.11 Å². The Morgan fingerprint density at radius 3 is 2.55 bits per heavy atom. The van der Waals surface area contributed by atoms with E-state index in [-0.39, 0.29) is 0 Å². The molecule has 3 nitrogen and oxygen atoms in total. The maximum absolute atomic E-state index is 11.7. The van der Waals surface area contributed by atoms with Crippen molar-refractivity contribution < 1.29 is 14.6 Å². The number of thiophene rings is 1. The number of benzene rings is 2. The van der Waals surface area contributed by atoms with Gasteiger partial charge in [0, 0.05) is 21.0 Å². The zero-order chi connectivity index (χ0) is 15.5. The summed E-state index contributed by atoms with van der Waals surface area (Å²) in [7, 11) is 1.60. The Balaban J connectivity index is 2.09. The number of rotatable bonds is 4. The largest absolute Gasteiger partial charge is 0.497 e. The molecule has 0 saturated carbocycles. The topological polar surface area (TPSA) is 46.5 Å². The molecule has 0 aliphatic carbocycles. The standard InChI is InChI=1S/C18H14O3S/c1-21-13-8-6-12(7-9-13)10-15(18(19)20)16-11-22-17-5-3-2-4-14(16)17/h2-11H,1H3,(H,19,20)/b15-10+. The van der Waals surface area contributed by atoms with Crippen LogP contribution in [0.5, 0.6) is 5.75 Å². The van der Waals surface area contributed by atoms with Gasteiger partial charge in [0.2, 0.25) is 0 Å². The summed E-state index contributed by atoms with van der Waals surface area (Å²) in [4.78, 5) is 11.7. The molecule has 0 radical (unpaired) electrons. The van der Waals surface area contributed by atoms with Crippen LogP contribution in [0.4, 0.5) is 0 Å². The Hall–Kier alpha value is -2.59. The first-order valence-corrected chi connectivity index (χ1v) is 7.62. The van der Waals surface area contributed by atoms with Gasteiger partial charge in [-0.25, -0.2) is 4.79 Å². The highest BCUT2D eigenvalue weighted by Gasteiger charge is 2.15. The number of hydrogen-bond donors (Lipinski definition) is 1. The SMILES string of the molecule is COc1ccc(/C=C(/C(=O)O)c2csc3ccccc23)cc1. The fourth-order valence-corrected chi connectivity index (χ4v) is 3.27. The Kier molecular flexibility index (Phi) is 3.94. The smallest absolute Gasteiger partial charge is 0.336 e. The molecule has 0 amide bonds. The van der Waals surface area contributed by atoms with Crippen molar-refractivity contribution in [3.05, 3.63) is 65.0 Å². The van der Waals surface area contributed by atoms with Crippen molar-refractivity contribution in [1.29, 1.82) is 0 Å². The average molecular weight is 310 g/mol. The lowest BCUT2D eigenvalue weighted by atomic mass is 10.0. The van der Waals surface area contributed by atoms with E-state index < -0.39 is 5.97 Å². The van der Waals surface area contributed by atoms with Gasteiger partial charge < -0.3 is 9.84 Å². The summed E-state index contributed by atoms with van der Waals surface area (Å²) in [6, 6.07) is 15.1. The lowest BCUT2D eigenvalue weighted by molar-refractivity contribution is -0.130. The first kappa shape index (κ1) is 14.4. The van der Waals surface area contributed by atoms with Crippen LogP contribution in [0, 0.1) is 0 Å². The predicted molar refractivity (Wildman–Crippen MR) is 90.3 cm³/mol. The molecule has 3 aromatic rings. The number of carboxylic acid groups (broad SMARTS) is 1. The lowest BCUT2D eigenvalue weighted by Crippen LogP contribution is -1.99. The zero-order valence-corrected chi connectivity index (χ0v) is 12.8. The van der Waals surface area contributed by atoms with Gasteiger partial charge in [-0.15, -0.1) is 11.3 Å². The van der Waals surface area contributed by atoms with Crippen LogP contribution in [0.3, 0.4) is 0 Å². The Labute approximate surface area is 132 Å². The van der Waals surface area contributed by atoms with E-state index >= 15 is 0 Å². The number of aliphatic carboxylic acids is 1. The molecule has 4 heteroatoms. The monoisotopic (exact) mass is 310 g/mol. The maximum atomic E-state index is 11.7. The van der Waals surface area contributed by atoms with Crippen LogP contribution < -0.4 is 4.74 Å². The van der Waals surface area contributed by atoms with Crippen LogP contribution in [-0.2, 0) is 4.79 Å². The molecule has 0 aliphatic rings. The summed E-state index contributed by atoms with van der Waals surface area (Å²) in [6.07, 6.45) is 1.69. The summed E-state index contributed by atoms with van der Waals surface area (Å²) < 4.78 is 6.20. The van der Waals surface area contributed by atoms with Gasteiger partial charge in [0.25, 0.3) is 0 Å². The van der Waals surface area contributed by atoms with Crippen molar-refractivity contribution in [1.82, 2.24) is 0 Å². The quantitative estimate of drug-likeness (QED) is 0.720. The molecule has 3 rings (SSSR count). The number of ether oxygens (including phenoxy) is 1. The van der Waals surface area contributed by atoms with Crippen LogP contribution in [0.2, 0.25) is 0 Å². The van der Waals surface area contributed by atoms with E-state index in [1.54, 1.807) is 24.5 Å².